The summed E-state index contributed by atoms with van der Waals surface area (Å²) in [6, 6.07) is 4.60. The number of halogens is 1. The van der Waals surface area contributed by atoms with Crippen molar-refractivity contribution < 1.29 is 14.3 Å². The molecular weight excluding hydrogens is 263 g/mol. The summed E-state index contributed by atoms with van der Waals surface area (Å²) >= 11 is 0. The highest BCUT2D eigenvalue weighted by Gasteiger charge is 2.10. The molecule has 0 aliphatic rings. The number of aromatic carboxylic acids is 1. The highest BCUT2D eigenvalue weighted by Crippen LogP contribution is 2.19. The molecule has 0 atom stereocenters. The van der Waals surface area contributed by atoms with Gasteiger partial charge in [-0.25, -0.2) is 14.2 Å². The molecule has 1 aromatic heterocycles. The highest BCUT2D eigenvalue weighted by molar-refractivity contribution is 5.89. The van der Waals surface area contributed by atoms with Crippen LogP contribution in [0.5, 0.6) is 0 Å². The highest BCUT2D eigenvalue weighted by atomic mass is 19.1. The first kappa shape index (κ1) is 13.9. The zero-order chi connectivity index (χ0) is 14.7. The van der Waals surface area contributed by atoms with Crippen molar-refractivity contribution in [3.63, 3.8) is 0 Å². The molecule has 2 N–H and O–H groups in total. The number of aromatic nitrogens is 2. The molecule has 0 amide bonds. The average molecular weight is 276 g/mol. The van der Waals surface area contributed by atoms with Crippen molar-refractivity contribution in [1.29, 1.82) is 0 Å². The molecule has 0 aliphatic heterocycles. The minimum Gasteiger partial charge on any atom is -0.478 e. The Balaban J connectivity index is 2.56. The van der Waals surface area contributed by atoms with E-state index in [2.05, 4.69) is 9.97 Å². The maximum absolute atomic E-state index is 13.4. The van der Waals surface area contributed by atoms with Crippen LogP contribution in [0.15, 0.2) is 29.1 Å². The van der Waals surface area contributed by atoms with E-state index in [0.29, 0.717) is 12.2 Å². The first-order valence-electron chi connectivity index (χ1n) is 6.14. The first-order valence-corrected chi connectivity index (χ1v) is 6.14. The summed E-state index contributed by atoms with van der Waals surface area (Å²) in [6.07, 6.45) is 1.39. The number of hydrogen-bond acceptors (Lipinski definition) is 3. The molecular formula is C14H13FN2O3. The maximum Gasteiger partial charge on any atom is 0.335 e. The smallest absolute Gasteiger partial charge is 0.335 e. The number of aromatic amines is 1. The largest absolute Gasteiger partial charge is 0.478 e. The molecule has 0 saturated carbocycles. The summed E-state index contributed by atoms with van der Waals surface area (Å²) in [4.78, 5) is 29.3. The van der Waals surface area contributed by atoms with Crippen LogP contribution in [0.1, 0.15) is 29.5 Å². The number of benzene rings is 1. The Morgan fingerprint density at radius 3 is 2.75 bits per heavy atom. The Labute approximate surface area is 114 Å². The second kappa shape index (κ2) is 5.64. The van der Waals surface area contributed by atoms with E-state index >= 15 is 0 Å². The van der Waals surface area contributed by atoms with Gasteiger partial charge in [-0.2, -0.15) is 0 Å². The molecule has 5 nitrogen and oxygen atoms in total. The minimum atomic E-state index is -1.23. The average Bonchev–Trinajstić information content (AvgIpc) is 2.37. The molecule has 0 spiro atoms. The van der Waals surface area contributed by atoms with Gasteiger partial charge in [0.15, 0.2) is 0 Å². The number of hydrogen-bond donors (Lipinski definition) is 2. The summed E-state index contributed by atoms with van der Waals surface area (Å²) in [7, 11) is 0. The van der Waals surface area contributed by atoms with Crippen LogP contribution in [0.3, 0.4) is 0 Å². The van der Waals surface area contributed by atoms with Gasteiger partial charge >= 0.3 is 5.97 Å². The van der Waals surface area contributed by atoms with Crippen molar-refractivity contribution in [2.75, 3.05) is 0 Å². The Morgan fingerprint density at radius 2 is 2.10 bits per heavy atom. The third-order valence-electron chi connectivity index (χ3n) is 2.72. The van der Waals surface area contributed by atoms with Crippen LogP contribution in [0.2, 0.25) is 0 Å². The molecule has 0 bridgehead atoms. The summed E-state index contributed by atoms with van der Waals surface area (Å²) in [5, 5.41) is 8.92. The monoisotopic (exact) mass is 276 g/mol. The molecule has 1 heterocycles. The topological polar surface area (TPSA) is 83.0 Å². The maximum atomic E-state index is 13.4. The molecule has 104 valence electrons. The van der Waals surface area contributed by atoms with E-state index in [9.17, 15) is 14.0 Å². The third-order valence-corrected chi connectivity index (χ3v) is 2.72. The number of rotatable bonds is 4. The molecule has 0 fully saturated rings. The van der Waals surface area contributed by atoms with Crippen molar-refractivity contribution in [1.82, 2.24) is 9.97 Å². The molecule has 0 unspecified atom stereocenters. The quantitative estimate of drug-likeness (QED) is 0.897. The van der Waals surface area contributed by atoms with Crippen molar-refractivity contribution in [3.05, 3.63) is 51.8 Å². The van der Waals surface area contributed by atoms with E-state index in [1.165, 1.54) is 12.1 Å². The first-order chi connectivity index (χ1) is 9.49. The molecule has 6 heteroatoms. The van der Waals surface area contributed by atoms with Gasteiger partial charge in [0.05, 0.1) is 11.3 Å². The van der Waals surface area contributed by atoms with Crippen LogP contribution in [-0.2, 0) is 6.42 Å². The van der Waals surface area contributed by atoms with Gasteiger partial charge in [0.1, 0.15) is 11.6 Å². The van der Waals surface area contributed by atoms with Gasteiger partial charge in [0, 0.05) is 18.1 Å². The standard InChI is InChI=1S/C14H13FN2O3/c1-2-3-12-16-11(7-13(18)17-12)8-4-9(14(19)20)6-10(15)5-8/h4-7H,2-3H2,1H3,(H,19,20)(H,16,17,18). The van der Waals surface area contributed by atoms with Gasteiger partial charge in [0.2, 0.25) is 0 Å². The third kappa shape index (κ3) is 3.09. The van der Waals surface area contributed by atoms with Crippen molar-refractivity contribution >= 4 is 5.97 Å². The normalized spacial score (nSPS) is 10.5. The minimum absolute atomic E-state index is 0.181. The lowest BCUT2D eigenvalue weighted by Gasteiger charge is -2.05. The van der Waals surface area contributed by atoms with E-state index in [-0.39, 0.29) is 22.4 Å². The second-order valence-electron chi connectivity index (χ2n) is 4.36. The number of nitrogens with zero attached hydrogens (tertiary/aromatic N) is 1. The number of aryl methyl sites for hydroxylation is 1. The van der Waals surface area contributed by atoms with E-state index < -0.39 is 11.8 Å². The van der Waals surface area contributed by atoms with Gasteiger partial charge in [-0.3, -0.25) is 4.79 Å². The number of carboxylic acids is 1. The van der Waals surface area contributed by atoms with Crippen LogP contribution in [0.25, 0.3) is 11.3 Å². The van der Waals surface area contributed by atoms with Crippen molar-refractivity contribution in [2.24, 2.45) is 0 Å². The predicted molar refractivity (Wildman–Crippen MR) is 71.2 cm³/mol. The zero-order valence-corrected chi connectivity index (χ0v) is 10.8. The fourth-order valence-electron chi connectivity index (χ4n) is 1.87. The number of H-pyrrole nitrogens is 1. The number of carbonyl (C=O) groups is 1. The Bertz CT molecular complexity index is 710. The van der Waals surface area contributed by atoms with E-state index in [4.69, 9.17) is 5.11 Å². The van der Waals surface area contributed by atoms with Gasteiger partial charge in [0.25, 0.3) is 5.56 Å². The SMILES string of the molecule is CCCc1nc(-c2cc(F)cc(C(=O)O)c2)cc(=O)[nH]1. The molecule has 1 aromatic carbocycles. The fourth-order valence-corrected chi connectivity index (χ4v) is 1.87. The second-order valence-corrected chi connectivity index (χ2v) is 4.36. The lowest BCUT2D eigenvalue weighted by Crippen LogP contribution is -2.11. The zero-order valence-electron chi connectivity index (χ0n) is 10.8. The number of nitrogens with one attached hydrogen (secondary N) is 1. The van der Waals surface area contributed by atoms with Crippen LogP contribution < -0.4 is 5.56 Å². The van der Waals surface area contributed by atoms with Crippen LogP contribution >= 0.6 is 0 Å². The molecule has 20 heavy (non-hydrogen) atoms. The lowest BCUT2D eigenvalue weighted by atomic mass is 10.1. The van der Waals surface area contributed by atoms with Gasteiger partial charge < -0.3 is 10.1 Å². The Morgan fingerprint density at radius 1 is 1.35 bits per heavy atom. The van der Waals surface area contributed by atoms with E-state index in [1.807, 2.05) is 6.92 Å². The molecule has 0 saturated heterocycles. The molecule has 0 aliphatic carbocycles. The van der Waals surface area contributed by atoms with E-state index in [0.717, 1.165) is 18.6 Å². The summed E-state index contributed by atoms with van der Waals surface area (Å²) in [6.45, 7) is 1.94. The molecule has 2 aromatic rings. The summed E-state index contributed by atoms with van der Waals surface area (Å²) in [5.41, 5.74) is 0.00348. The summed E-state index contributed by atoms with van der Waals surface area (Å²) < 4.78 is 13.4. The summed E-state index contributed by atoms with van der Waals surface area (Å²) in [5.74, 6) is -1.42. The van der Waals surface area contributed by atoms with Gasteiger partial charge in [-0.1, -0.05) is 6.92 Å². The Kier molecular flexibility index (Phi) is 3.93. The van der Waals surface area contributed by atoms with Crippen LogP contribution in [-0.4, -0.2) is 21.0 Å². The van der Waals surface area contributed by atoms with Crippen molar-refractivity contribution in [2.45, 2.75) is 19.8 Å². The lowest BCUT2D eigenvalue weighted by molar-refractivity contribution is 0.0696. The fraction of sp³-hybridized carbons (Fsp3) is 0.214. The molecule has 0 radical (unpaired) electrons. The van der Waals surface area contributed by atoms with E-state index in [1.54, 1.807) is 0 Å². The van der Waals surface area contributed by atoms with Crippen LogP contribution in [0.4, 0.5) is 4.39 Å². The van der Waals surface area contributed by atoms with Crippen LogP contribution in [0, 0.1) is 5.82 Å². The van der Waals surface area contributed by atoms with Crippen molar-refractivity contribution in [3.8, 4) is 11.3 Å². The van der Waals surface area contributed by atoms with Gasteiger partial charge in [-0.05, 0) is 24.6 Å². The Hall–Kier alpha value is -2.50. The molecule has 2 rings (SSSR count). The number of carboxylic acid groups (broad SMARTS) is 1. The van der Waals surface area contributed by atoms with Gasteiger partial charge in [-0.15, -0.1) is 0 Å². The predicted octanol–water partition coefficient (Wildman–Crippen LogP) is 2.23.